The van der Waals surface area contributed by atoms with Gasteiger partial charge in [0.2, 0.25) is 0 Å². The van der Waals surface area contributed by atoms with Gasteiger partial charge in [-0.05, 0) is 12.1 Å². The van der Waals surface area contributed by atoms with Gasteiger partial charge in [0.05, 0.1) is 5.56 Å². The predicted octanol–water partition coefficient (Wildman–Crippen LogP) is 0.842. The molecule has 0 radical (unpaired) electrons. The molecule has 0 spiro atoms. The van der Waals surface area contributed by atoms with Gasteiger partial charge in [-0.1, -0.05) is 0 Å². The third-order valence-corrected chi connectivity index (χ3v) is 1.83. The Balaban J connectivity index is 2.75. The summed E-state index contributed by atoms with van der Waals surface area (Å²) in [7, 11) is 0. The number of nitrogens with zero attached hydrogens (tertiary/aromatic N) is 2. The first-order chi connectivity index (χ1) is 7.67. The Bertz CT molecular complexity index is 454. The predicted molar refractivity (Wildman–Crippen MR) is 57.4 cm³/mol. The van der Waals surface area contributed by atoms with Gasteiger partial charge in [0.15, 0.2) is 0 Å². The van der Waals surface area contributed by atoms with Gasteiger partial charge in [0.1, 0.15) is 17.9 Å². The van der Waals surface area contributed by atoms with Crippen LogP contribution in [0.25, 0.3) is 0 Å². The Morgan fingerprint density at radius 2 is 2.44 bits per heavy atom. The molecule has 0 fully saturated rings. The number of carboxylic acid groups (broad SMARTS) is 1. The highest BCUT2D eigenvalue weighted by molar-refractivity contribution is 5.77. The summed E-state index contributed by atoms with van der Waals surface area (Å²) in [5, 5.41) is 20.0. The van der Waals surface area contributed by atoms with Crippen LogP contribution in [0.5, 0.6) is 0 Å². The van der Waals surface area contributed by atoms with Gasteiger partial charge in [-0.3, -0.25) is 0 Å². The van der Waals surface area contributed by atoms with E-state index in [9.17, 15) is 4.79 Å². The van der Waals surface area contributed by atoms with Crippen LogP contribution in [0, 0.1) is 23.7 Å². The Labute approximate surface area is 92.7 Å². The highest BCUT2D eigenvalue weighted by Crippen LogP contribution is 2.07. The molecule has 0 aliphatic rings. The zero-order valence-corrected chi connectivity index (χ0v) is 8.34. The molecule has 1 atom stereocenters. The normalized spacial score (nSPS) is 10.9. The number of rotatable bonds is 4. The van der Waals surface area contributed by atoms with Gasteiger partial charge in [-0.25, -0.2) is 9.78 Å². The SMILES string of the molecule is C#CCC(Nc1ccc(C#N)cn1)C(=O)O. The maximum absolute atomic E-state index is 10.8. The molecule has 80 valence electrons. The van der Waals surface area contributed by atoms with Crippen molar-refractivity contribution >= 4 is 11.8 Å². The summed E-state index contributed by atoms with van der Waals surface area (Å²) < 4.78 is 0. The highest BCUT2D eigenvalue weighted by Gasteiger charge is 2.15. The minimum absolute atomic E-state index is 0.0665. The van der Waals surface area contributed by atoms with Crippen LogP contribution < -0.4 is 5.32 Å². The van der Waals surface area contributed by atoms with Crippen LogP contribution in [-0.4, -0.2) is 22.1 Å². The van der Waals surface area contributed by atoms with E-state index in [0.717, 1.165) is 0 Å². The summed E-state index contributed by atoms with van der Waals surface area (Å²) in [6.45, 7) is 0. The van der Waals surface area contributed by atoms with E-state index in [4.69, 9.17) is 16.8 Å². The second kappa shape index (κ2) is 5.38. The first-order valence-electron chi connectivity index (χ1n) is 4.46. The molecule has 0 saturated heterocycles. The van der Waals surface area contributed by atoms with Crippen molar-refractivity contribution in [3.63, 3.8) is 0 Å². The average molecular weight is 215 g/mol. The van der Waals surface area contributed by atoms with Crippen LogP contribution in [0.15, 0.2) is 18.3 Å². The minimum Gasteiger partial charge on any atom is -0.480 e. The number of terminal acetylenes is 1. The number of nitrogens with one attached hydrogen (secondary N) is 1. The number of carboxylic acids is 1. The molecule has 0 bridgehead atoms. The lowest BCUT2D eigenvalue weighted by Gasteiger charge is -2.11. The summed E-state index contributed by atoms with van der Waals surface area (Å²) in [5.41, 5.74) is 0.411. The van der Waals surface area contributed by atoms with Gasteiger partial charge in [-0.2, -0.15) is 5.26 Å². The van der Waals surface area contributed by atoms with Crippen LogP contribution >= 0.6 is 0 Å². The standard InChI is InChI=1S/C11H9N3O2/c1-2-3-9(11(15)16)14-10-5-4-8(6-12)7-13-10/h1,4-5,7,9H,3H2,(H,13,14)(H,15,16). The van der Waals surface area contributed by atoms with Crippen LogP contribution in [0.3, 0.4) is 0 Å². The molecule has 1 aromatic heterocycles. The maximum atomic E-state index is 10.8. The number of nitriles is 1. The second-order valence-electron chi connectivity index (χ2n) is 2.99. The zero-order valence-electron chi connectivity index (χ0n) is 8.34. The van der Waals surface area contributed by atoms with E-state index in [0.29, 0.717) is 11.4 Å². The lowest BCUT2D eigenvalue weighted by Crippen LogP contribution is -2.29. The molecule has 0 aliphatic heterocycles. The molecule has 0 saturated carbocycles. The number of hydrogen-bond donors (Lipinski definition) is 2. The van der Waals surface area contributed by atoms with Crippen molar-refractivity contribution < 1.29 is 9.90 Å². The first-order valence-corrected chi connectivity index (χ1v) is 4.46. The summed E-state index contributed by atoms with van der Waals surface area (Å²) in [5.74, 6) is 1.61. The number of hydrogen-bond acceptors (Lipinski definition) is 4. The van der Waals surface area contributed by atoms with Crippen molar-refractivity contribution in [2.24, 2.45) is 0 Å². The number of pyridine rings is 1. The second-order valence-corrected chi connectivity index (χ2v) is 2.99. The van der Waals surface area contributed by atoms with Crippen molar-refractivity contribution in [3.05, 3.63) is 23.9 Å². The largest absolute Gasteiger partial charge is 0.480 e. The van der Waals surface area contributed by atoms with Gasteiger partial charge < -0.3 is 10.4 Å². The molecule has 5 nitrogen and oxygen atoms in total. The molecule has 1 aromatic rings. The van der Waals surface area contributed by atoms with E-state index in [1.54, 1.807) is 6.07 Å². The molecule has 0 amide bonds. The molecule has 1 unspecified atom stereocenters. The summed E-state index contributed by atoms with van der Waals surface area (Å²) in [6.07, 6.45) is 6.47. The Morgan fingerprint density at radius 1 is 1.69 bits per heavy atom. The molecule has 0 aliphatic carbocycles. The molecule has 16 heavy (non-hydrogen) atoms. The van der Waals surface area contributed by atoms with E-state index >= 15 is 0 Å². The van der Waals surface area contributed by atoms with Crippen molar-refractivity contribution in [1.82, 2.24) is 4.98 Å². The Morgan fingerprint density at radius 3 is 2.88 bits per heavy atom. The average Bonchev–Trinajstić information content (AvgIpc) is 2.29. The summed E-state index contributed by atoms with van der Waals surface area (Å²) >= 11 is 0. The van der Waals surface area contributed by atoms with E-state index in [-0.39, 0.29) is 6.42 Å². The molecule has 2 N–H and O–H groups in total. The molecule has 0 aromatic carbocycles. The van der Waals surface area contributed by atoms with E-state index in [1.807, 2.05) is 6.07 Å². The van der Waals surface area contributed by atoms with Crippen LogP contribution in [0.1, 0.15) is 12.0 Å². The maximum Gasteiger partial charge on any atom is 0.327 e. The van der Waals surface area contributed by atoms with E-state index < -0.39 is 12.0 Å². The number of carbonyl (C=O) groups is 1. The molecular weight excluding hydrogens is 206 g/mol. The van der Waals surface area contributed by atoms with Crippen molar-refractivity contribution in [2.45, 2.75) is 12.5 Å². The lowest BCUT2D eigenvalue weighted by atomic mass is 10.2. The van der Waals surface area contributed by atoms with Crippen LogP contribution in [0.2, 0.25) is 0 Å². The lowest BCUT2D eigenvalue weighted by molar-refractivity contribution is -0.137. The summed E-state index contributed by atoms with van der Waals surface area (Å²) in [6, 6.07) is 4.13. The van der Waals surface area contributed by atoms with Crippen molar-refractivity contribution in [1.29, 1.82) is 5.26 Å². The highest BCUT2D eigenvalue weighted by atomic mass is 16.4. The number of aliphatic carboxylic acids is 1. The molecule has 1 heterocycles. The smallest absolute Gasteiger partial charge is 0.327 e. The van der Waals surface area contributed by atoms with Crippen LogP contribution in [-0.2, 0) is 4.79 Å². The van der Waals surface area contributed by atoms with Gasteiger partial charge in [0.25, 0.3) is 0 Å². The van der Waals surface area contributed by atoms with Gasteiger partial charge >= 0.3 is 5.97 Å². The fraction of sp³-hybridized carbons (Fsp3) is 0.182. The van der Waals surface area contributed by atoms with Crippen molar-refractivity contribution in [3.8, 4) is 18.4 Å². The Kier molecular flexibility index (Phi) is 3.88. The molecule has 5 heteroatoms. The minimum atomic E-state index is -1.04. The van der Waals surface area contributed by atoms with E-state index in [2.05, 4.69) is 16.2 Å². The number of anilines is 1. The Hall–Kier alpha value is -2.53. The third-order valence-electron chi connectivity index (χ3n) is 1.83. The monoisotopic (exact) mass is 215 g/mol. The topological polar surface area (TPSA) is 86.0 Å². The fourth-order valence-corrected chi connectivity index (χ4v) is 1.04. The van der Waals surface area contributed by atoms with Crippen molar-refractivity contribution in [2.75, 3.05) is 5.32 Å². The van der Waals surface area contributed by atoms with E-state index in [1.165, 1.54) is 12.3 Å². The first kappa shape index (κ1) is 11.5. The quantitative estimate of drug-likeness (QED) is 0.727. The fourth-order valence-electron chi connectivity index (χ4n) is 1.04. The zero-order chi connectivity index (χ0) is 12.0. The third kappa shape index (κ3) is 3.00. The van der Waals surface area contributed by atoms with Crippen LogP contribution in [0.4, 0.5) is 5.82 Å². The summed E-state index contributed by atoms with van der Waals surface area (Å²) in [4.78, 5) is 14.7. The van der Waals surface area contributed by atoms with Gasteiger partial charge in [-0.15, -0.1) is 12.3 Å². The van der Waals surface area contributed by atoms with Gasteiger partial charge in [0, 0.05) is 12.6 Å². The molecule has 1 rings (SSSR count). The number of aromatic nitrogens is 1. The molecular formula is C11H9N3O2.